The van der Waals surface area contributed by atoms with E-state index in [1.807, 2.05) is 19.1 Å². The lowest BCUT2D eigenvalue weighted by Crippen LogP contribution is -2.41. The Morgan fingerprint density at radius 3 is 2.47 bits per heavy atom. The van der Waals surface area contributed by atoms with Crippen LogP contribution < -0.4 is 5.73 Å². The molecule has 17 heavy (non-hydrogen) atoms. The summed E-state index contributed by atoms with van der Waals surface area (Å²) < 4.78 is 0. The summed E-state index contributed by atoms with van der Waals surface area (Å²) in [7, 11) is 0. The fraction of sp³-hybridized carbons (Fsp3) is 0.273. The number of hydrogen-bond donors (Lipinski definition) is 1. The zero-order chi connectivity index (χ0) is 12.6. The number of rotatable bonds is 1. The van der Waals surface area contributed by atoms with Crippen LogP contribution in [0.25, 0.3) is 0 Å². The van der Waals surface area contributed by atoms with Gasteiger partial charge in [-0.15, -0.1) is 0 Å². The lowest BCUT2D eigenvalue weighted by atomic mass is 10.1. The van der Waals surface area contributed by atoms with Crippen molar-refractivity contribution in [1.29, 1.82) is 0 Å². The molecular formula is C11H11ClN2O2S. The lowest BCUT2D eigenvalue weighted by Gasteiger charge is -2.19. The fourth-order valence-electron chi connectivity index (χ4n) is 1.86. The van der Waals surface area contributed by atoms with Gasteiger partial charge in [0.2, 0.25) is 0 Å². The van der Waals surface area contributed by atoms with Crippen molar-refractivity contribution >= 4 is 34.6 Å². The Balaban J connectivity index is 2.27. The zero-order valence-corrected chi connectivity index (χ0v) is 10.7. The summed E-state index contributed by atoms with van der Waals surface area (Å²) >= 11 is 6.92. The highest BCUT2D eigenvalue weighted by Crippen LogP contribution is 2.42. The zero-order valence-electron chi connectivity index (χ0n) is 9.09. The number of benzene rings is 1. The van der Waals surface area contributed by atoms with Gasteiger partial charge in [0, 0.05) is 5.02 Å². The molecule has 0 spiro atoms. The molecule has 0 aromatic heterocycles. The molecular weight excluding hydrogens is 260 g/mol. The van der Waals surface area contributed by atoms with Crippen molar-refractivity contribution in [3.63, 3.8) is 0 Å². The van der Waals surface area contributed by atoms with Gasteiger partial charge < -0.3 is 5.73 Å². The summed E-state index contributed by atoms with van der Waals surface area (Å²) in [5.41, 5.74) is 6.14. The number of amides is 3. The first-order valence-corrected chi connectivity index (χ1v) is 6.31. The molecule has 6 heteroatoms. The second kappa shape index (κ2) is 4.58. The highest BCUT2D eigenvalue weighted by atomic mass is 35.5. The Morgan fingerprint density at radius 1 is 1.41 bits per heavy atom. The monoisotopic (exact) mass is 270 g/mol. The van der Waals surface area contributed by atoms with E-state index in [0.717, 1.165) is 22.2 Å². The molecule has 90 valence electrons. The highest BCUT2D eigenvalue weighted by molar-refractivity contribution is 8.14. The summed E-state index contributed by atoms with van der Waals surface area (Å²) in [6, 6.07) is 6.30. The van der Waals surface area contributed by atoms with Crippen molar-refractivity contribution in [2.75, 3.05) is 0 Å². The van der Waals surface area contributed by atoms with Crippen LogP contribution in [-0.4, -0.2) is 22.2 Å². The third kappa shape index (κ3) is 2.25. The van der Waals surface area contributed by atoms with E-state index in [9.17, 15) is 9.59 Å². The number of urea groups is 1. The predicted octanol–water partition coefficient (Wildman–Crippen LogP) is 3.02. The quantitative estimate of drug-likeness (QED) is 0.853. The minimum absolute atomic E-state index is 0.0905. The second-order valence-electron chi connectivity index (χ2n) is 3.80. The lowest BCUT2D eigenvalue weighted by molar-refractivity contribution is 0.197. The van der Waals surface area contributed by atoms with E-state index in [1.54, 1.807) is 12.1 Å². The molecule has 4 nitrogen and oxygen atoms in total. The average molecular weight is 271 g/mol. The first-order chi connectivity index (χ1) is 8.00. The maximum Gasteiger partial charge on any atom is 0.322 e. The largest absolute Gasteiger partial charge is 0.351 e. The molecule has 0 aliphatic carbocycles. The van der Waals surface area contributed by atoms with Crippen LogP contribution in [-0.2, 0) is 0 Å². The Kier molecular flexibility index (Phi) is 3.31. The van der Waals surface area contributed by atoms with Gasteiger partial charge in [-0.2, -0.15) is 0 Å². The highest BCUT2D eigenvalue weighted by Gasteiger charge is 2.41. The molecule has 1 heterocycles. The van der Waals surface area contributed by atoms with Gasteiger partial charge >= 0.3 is 6.03 Å². The Labute approximate surface area is 108 Å². The average Bonchev–Trinajstić information content (AvgIpc) is 2.55. The number of thioether (sulfide) groups is 1. The smallest absolute Gasteiger partial charge is 0.322 e. The number of nitrogens with zero attached hydrogens (tertiary/aromatic N) is 1. The molecule has 0 radical (unpaired) electrons. The second-order valence-corrected chi connectivity index (χ2v) is 5.33. The molecule has 2 atom stereocenters. The van der Waals surface area contributed by atoms with Gasteiger partial charge in [0.25, 0.3) is 5.24 Å². The summed E-state index contributed by atoms with van der Waals surface area (Å²) in [6.07, 6.45) is 0. The van der Waals surface area contributed by atoms with Gasteiger partial charge in [0.1, 0.15) is 0 Å². The first-order valence-electron chi connectivity index (χ1n) is 5.05. The van der Waals surface area contributed by atoms with Crippen LogP contribution in [0.3, 0.4) is 0 Å². The van der Waals surface area contributed by atoms with Crippen LogP contribution in [0.4, 0.5) is 9.59 Å². The minimum Gasteiger partial charge on any atom is -0.351 e. The number of halogens is 1. The molecule has 1 aromatic rings. The molecule has 1 aliphatic rings. The normalized spacial score (nSPS) is 24.1. The summed E-state index contributed by atoms with van der Waals surface area (Å²) in [5, 5.41) is 0.250. The predicted molar refractivity (Wildman–Crippen MR) is 68.1 cm³/mol. The van der Waals surface area contributed by atoms with E-state index < -0.39 is 6.03 Å². The van der Waals surface area contributed by atoms with E-state index in [0.29, 0.717) is 5.02 Å². The Morgan fingerprint density at radius 2 is 2.00 bits per heavy atom. The van der Waals surface area contributed by atoms with Crippen LogP contribution in [0.15, 0.2) is 24.3 Å². The number of hydrogen-bond acceptors (Lipinski definition) is 3. The molecule has 1 aromatic carbocycles. The molecule has 3 amide bonds. The molecule has 0 unspecified atom stereocenters. The third-order valence-electron chi connectivity index (χ3n) is 2.71. The molecule has 1 saturated heterocycles. The Bertz CT molecular complexity index is 463. The molecule has 0 saturated carbocycles. The summed E-state index contributed by atoms with van der Waals surface area (Å²) in [5.74, 6) is 0. The minimum atomic E-state index is -0.702. The Hall–Kier alpha value is -1.20. The molecule has 2 N–H and O–H groups in total. The molecule has 1 aliphatic heterocycles. The first kappa shape index (κ1) is 12.3. The SMILES string of the molecule is C[C@@H]1[C@H](c2ccc(Cl)cc2)SC(=O)N1C(N)=O. The number of primary amides is 1. The van der Waals surface area contributed by atoms with Gasteiger partial charge in [-0.1, -0.05) is 35.5 Å². The van der Waals surface area contributed by atoms with Gasteiger partial charge in [0.15, 0.2) is 0 Å². The van der Waals surface area contributed by atoms with Crippen LogP contribution in [0, 0.1) is 0 Å². The maximum atomic E-state index is 11.6. The number of nitrogens with two attached hydrogens (primary N) is 1. The number of carbonyl (C=O) groups excluding carboxylic acids is 2. The molecule has 2 rings (SSSR count). The number of carbonyl (C=O) groups is 2. The standard InChI is InChI=1S/C11H11ClN2O2S/c1-6-9(7-2-4-8(12)5-3-7)17-11(16)14(6)10(13)15/h2-6,9H,1H3,(H2,13,15)/t6-,9-/m1/s1. The summed E-state index contributed by atoms with van der Waals surface area (Å²) in [4.78, 5) is 23.9. The summed E-state index contributed by atoms with van der Waals surface area (Å²) in [6.45, 7) is 1.81. The van der Waals surface area contributed by atoms with E-state index in [1.165, 1.54) is 0 Å². The fourth-order valence-corrected chi connectivity index (χ4v) is 3.18. The van der Waals surface area contributed by atoms with Gasteiger partial charge in [-0.05, 0) is 24.6 Å². The van der Waals surface area contributed by atoms with Crippen molar-refractivity contribution in [2.24, 2.45) is 5.73 Å². The number of imide groups is 1. The topological polar surface area (TPSA) is 63.4 Å². The van der Waals surface area contributed by atoms with Gasteiger partial charge in [-0.25, -0.2) is 4.79 Å². The molecule has 0 bridgehead atoms. The van der Waals surface area contributed by atoms with Crippen molar-refractivity contribution in [1.82, 2.24) is 4.90 Å². The maximum absolute atomic E-state index is 11.6. The van der Waals surface area contributed by atoms with Crippen molar-refractivity contribution < 1.29 is 9.59 Å². The third-order valence-corrected chi connectivity index (χ3v) is 4.28. The van der Waals surface area contributed by atoms with Crippen molar-refractivity contribution in [3.05, 3.63) is 34.9 Å². The van der Waals surface area contributed by atoms with Gasteiger partial charge in [0.05, 0.1) is 11.3 Å². The van der Waals surface area contributed by atoms with Crippen LogP contribution in [0.1, 0.15) is 17.7 Å². The van der Waals surface area contributed by atoms with E-state index >= 15 is 0 Å². The van der Waals surface area contributed by atoms with Crippen LogP contribution in [0.5, 0.6) is 0 Å². The van der Waals surface area contributed by atoms with Crippen molar-refractivity contribution in [2.45, 2.75) is 18.2 Å². The van der Waals surface area contributed by atoms with Crippen LogP contribution >= 0.6 is 23.4 Å². The van der Waals surface area contributed by atoms with E-state index in [2.05, 4.69) is 0 Å². The van der Waals surface area contributed by atoms with E-state index in [-0.39, 0.29) is 16.5 Å². The van der Waals surface area contributed by atoms with E-state index in [4.69, 9.17) is 17.3 Å². The van der Waals surface area contributed by atoms with Crippen LogP contribution in [0.2, 0.25) is 5.02 Å². The molecule has 1 fully saturated rings. The van der Waals surface area contributed by atoms with Gasteiger partial charge in [-0.3, -0.25) is 9.69 Å². The van der Waals surface area contributed by atoms with Crippen molar-refractivity contribution in [3.8, 4) is 0 Å².